The molecule has 31 heavy (non-hydrogen) atoms. The predicted octanol–water partition coefficient (Wildman–Crippen LogP) is 8.37. The number of ether oxygens (including phenoxy) is 2. The van der Waals surface area contributed by atoms with Crippen molar-refractivity contribution in [2.45, 2.75) is 110 Å². The lowest BCUT2D eigenvalue weighted by Gasteiger charge is -2.06. The highest BCUT2D eigenvalue weighted by Gasteiger charge is 2.09. The van der Waals surface area contributed by atoms with E-state index in [-0.39, 0.29) is 11.4 Å². The molecule has 0 fully saturated rings. The van der Waals surface area contributed by atoms with Crippen LogP contribution in [0.2, 0.25) is 0 Å². The van der Waals surface area contributed by atoms with Gasteiger partial charge in [-0.05, 0) is 18.6 Å². The first-order chi connectivity index (χ1) is 15.1. The Labute approximate surface area is 187 Å². The molecule has 0 atom stereocenters. The molecule has 0 bridgehead atoms. The summed E-state index contributed by atoms with van der Waals surface area (Å²) in [6, 6.07) is 5.35. The van der Waals surface area contributed by atoms with Gasteiger partial charge >= 0.3 is 6.16 Å². The summed E-state index contributed by atoms with van der Waals surface area (Å²) in [6.45, 7) is 2.60. The van der Waals surface area contributed by atoms with E-state index < -0.39 is 11.1 Å². The lowest BCUT2D eigenvalue weighted by atomic mass is 10.0. The average molecular weight is 436 g/mol. The van der Waals surface area contributed by atoms with Crippen LogP contribution in [0.5, 0.6) is 5.75 Å². The summed E-state index contributed by atoms with van der Waals surface area (Å²) in [6.07, 6.45) is 20.0. The van der Waals surface area contributed by atoms with Crippen LogP contribution < -0.4 is 4.74 Å². The number of nitro groups is 1. The van der Waals surface area contributed by atoms with Crippen LogP contribution >= 0.6 is 0 Å². The molecule has 0 aromatic heterocycles. The van der Waals surface area contributed by atoms with Crippen molar-refractivity contribution in [3.05, 3.63) is 34.4 Å². The number of carbonyl (C=O) groups excluding carboxylic acids is 1. The van der Waals surface area contributed by atoms with Crippen LogP contribution in [0.1, 0.15) is 110 Å². The molecule has 0 heterocycles. The fraction of sp³-hybridized carbons (Fsp3) is 0.720. The molecule has 176 valence electrons. The van der Waals surface area contributed by atoms with Gasteiger partial charge in [0, 0.05) is 12.1 Å². The molecule has 0 aliphatic heterocycles. The van der Waals surface area contributed by atoms with Crippen LogP contribution in [-0.2, 0) is 4.74 Å². The Hall–Kier alpha value is -2.11. The Morgan fingerprint density at radius 1 is 0.742 bits per heavy atom. The zero-order valence-corrected chi connectivity index (χ0v) is 19.3. The van der Waals surface area contributed by atoms with Crippen molar-refractivity contribution >= 4 is 11.8 Å². The number of hydrogen-bond donors (Lipinski definition) is 0. The average Bonchev–Trinajstić information content (AvgIpc) is 2.76. The summed E-state index contributed by atoms with van der Waals surface area (Å²) in [4.78, 5) is 21.7. The zero-order valence-electron chi connectivity index (χ0n) is 19.3. The summed E-state index contributed by atoms with van der Waals surface area (Å²) < 4.78 is 10.0. The summed E-state index contributed by atoms with van der Waals surface area (Å²) >= 11 is 0. The zero-order chi connectivity index (χ0) is 22.6. The fourth-order valence-corrected chi connectivity index (χ4v) is 3.57. The molecule has 0 saturated carbocycles. The minimum absolute atomic E-state index is 0.0473. The topological polar surface area (TPSA) is 78.7 Å². The molecular weight excluding hydrogens is 394 g/mol. The number of nitro benzene ring substituents is 1. The van der Waals surface area contributed by atoms with Crippen LogP contribution in [0.25, 0.3) is 0 Å². The van der Waals surface area contributed by atoms with Crippen molar-refractivity contribution in [2.75, 3.05) is 6.61 Å². The normalized spacial score (nSPS) is 10.7. The van der Waals surface area contributed by atoms with E-state index in [4.69, 9.17) is 9.47 Å². The molecule has 0 aliphatic rings. The summed E-state index contributed by atoms with van der Waals surface area (Å²) in [5, 5.41) is 10.6. The highest BCUT2D eigenvalue weighted by atomic mass is 16.7. The maximum Gasteiger partial charge on any atom is 0.513 e. The van der Waals surface area contributed by atoms with Crippen molar-refractivity contribution in [3.8, 4) is 5.75 Å². The van der Waals surface area contributed by atoms with Crippen molar-refractivity contribution in [3.63, 3.8) is 0 Å². The van der Waals surface area contributed by atoms with Crippen molar-refractivity contribution in [1.29, 1.82) is 0 Å². The van der Waals surface area contributed by atoms with E-state index in [2.05, 4.69) is 6.92 Å². The highest BCUT2D eigenvalue weighted by molar-refractivity contribution is 5.63. The van der Waals surface area contributed by atoms with Crippen LogP contribution in [0, 0.1) is 10.1 Å². The van der Waals surface area contributed by atoms with Gasteiger partial charge in [0.05, 0.1) is 11.5 Å². The Balaban J connectivity index is 1.84. The van der Waals surface area contributed by atoms with E-state index in [0.717, 1.165) is 12.8 Å². The summed E-state index contributed by atoms with van der Waals surface area (Å²) in [7, 11) is 0. The molecule has 1 aromatic carbocycles. The third kappa shape index (κ3) is 15.4. The Bertz CT molecular complexity index is 588. The van der Waals surface area contributed by atoms with Gasteiger partial charge in [-0.15, -0.1) is 0 Å². The van der Waals surface area contributed by atoms with E-state index in [0.29, 0.717) is 6.61 Å². The Morgan fingerprint density at radius 3 is 1.58 bits per heavy atom. The van der Waals surface area contributed by atoms with Crippen LogP contribution in [0.4, 0.5) is 10.5 Å². The standard InChI is InChI=1S/C25H41NO5/c1-2-3-4-5-6-7-8-9-10-11-12-13-14-15-16-17-22-30-25(27)31-24-20-18-23(19-21-24)26(28)29/h18-21H,2-17,22H2,1H3. The molecule has 6 nitrogen and oxygen atoms in total. The molecule has 0 unspecified atom stereocenters. The van der Waals surface area contributed by atoms with Gasteiger partial charge in [0.15, 0.2) is 0 Å². The van der Waals surface area contributed by atoms with Crippen LogP contribution in [0.15, 0.2) is 24.3 Å². The molecule has 0 radical (unpaired) electrons. The first kappa shape index (κ1) is 26.9. The van der Waals surface area contributed by atoms with Gasteiger partial charge in [0.1, 0.15) is 5.75 Å². The Kier molecular flexibility index (Phi) is 16.2. The summed E-state index contributed by atoms with van der Waals surface area (Å²) in [5.41, 5.74) is -0.0473. The van der Waals surface area contributed by atoms with E-state index >= 15 is 0 Å². The van der Waals surface area contributed by atoms with Gasteiger partial charge in [-0.1, -0.05) is 103 Å². The second-order valence-corrected chi connectivity index (χ2v) is 8.25. The molecule has 6 heteroatoms. The third-order valence-corrected chi connectivity index (χ3v) is 5.47. The van der Waals surface area contributed by atoms with Crippen molar-refractivity contribution in [1.82, 2.24) is 0 Å². The number of carbonyl (C=O) groups is 1. The number of unbranched alkanes of at least 4 members (excludes halogenated alkanes) is 15. The van der Waals surface area contributed by atoms with Crippen LogP contribution in [0.3, 0.4) is 0 Å². The third-order valence-electron chi connectivity index (χ3n) is 5.47. The Morgan fingerprint density at radius 2 is 1.16 bits per heavy atom. The van der Waals surface area contributed by atoms with Crippen LogP contribution in [-0.4, -0.2) is 17.7 Å². The van der Waals surface area contributed by atoms with Gasteiger partial charge in [0.2, 0.25) is 0 Å². The largest absolute Gasteiger partial charge is 0.513 e. The van der Waals surface area contributed by atoms with Crippen molar-refractivity contribution < 1.29 is 19.2 Å². The highest BCUT2D eigenvalue weighted by Crippen LogP contribution is 2.18. The number of non-ortho nitro benzene ring substituents is 1. The first-order valence-corrected chi connectivity index (χ1v) is 12.2. The second kappa shape index (κ2) is 18.6. The molecule has 1 aromatic rings. The molecule has 0 saturated heterocycles. The van der Waals surface area contributed by atoms with Gasteiger partial charge in [0.25, 0.3) is 5.69 Å². The predicted molar refractivity (Wildman–Crippen MR) is 125 cm³/mol. The van der Waals surface area contributed by atoms with Gasteiger partial charge in [-0.25, -0.2) is 4.79 Å². The molecule has 1 rings (SSSR count). The van der Waals surface area contributed by atoms with Crippen molar-refractivity contribution in [2.24, 2.45) is 0 Å². The maximum absolute atomic E-state index is 11.6. The SMILES string of the molecule is CCCCCCCCCCCCCCCCCCOC(=O)Oc1ccc([N+](=O)[O-])cc1. The first-order valence-electron chi connectivity index (χ1n) is 12.2. The van der Waals surface area contributed by atoms with Gasteiger partial charge in [-0.2, -0.15) is 0 Å². The van der Waals surface area contributed by atoms with Gasteiger partial charge in [-0.3, -0.25) is 10.1 Å². The minimum Gasteiger partial charge on any atom is -0.434 e. The fourth-order valence-electron chi connectivity index (χ4n) is 3.57. The maximum atomic E-state index is 11.6. The number of nitrogens with zero attached hydrogens (tertiary/aromatic N) is 1. The number of hydrogen-bond acceptors (Lipinski definition) is 5. The molecule has 0 N–H and O–H groups in total. The molecule has 0 aliphatic carbocycles. The smallest absolute Gasteiger partial charge is 0.434 e. The second-order valence-electron chi connectivity index (χ2n) is 8.25. The van der Waals surface area contributed by atoms with Gasteiger partial charge < -0.3 is 9.47 Å². The number of benzene rings is 1. The number of rotatable bonds is 19. The monoisotopic (exact) mass is 435 g/mol. The lowest BCUT2D eigenvalue weighted by molar-refractivity contribution is -0.384. The van der Waals surface area contributed by atoms with E-state index in [1.54, 1.807) is 0 Å². The van der Waals surface area contributed by atoms with E-state index in [1.165, 1.54) is 114 Å². The molecule has 0 amide bonds. The van der Waals surface area contributed by atoms with E-state index in [9.17, 15) is 14.9 Å². The molecular formula is C25H41NO5. The molecule has 0 spiro atoms. The lowest BCUT2D eigenvalue weighted by Crippen LogP contribution is -2.11. The van der Waals surface area contributed by atoms with E-state index in [1.807, 2.05) is 0 Å². The quantitative estimate of drug-likeness (QED) is 0.0717. The minimum atomic E-state index is -0.769. The summed E-state index contributed by atoms with van der Waals surface area (Å²) in [5.74, 6) is 0.238.